The molecule has 20 heavy (non-hydrogen) atoms. The summed E-state index contributed by atoms with van der Waals surface area (Å²) in [5.74, 6) is 0.264. The Bertz CT molecular complexity index is 382. The second kappa shape index (κ2) is 7.77. The lowest BCUT2D eigenvalue weighted by Gasteiger charge is -2.38. The summed E-state index contributed by atoms with van der Waals surface area (Å²) in [5.41, 5.74) is 1.21. The van der Waals surface area contributed by atoms with Crippen LogP contribution in [0.25, 0.3) is 0 Å². The van der Waals surface area contributed by atoms with E-state index in [1.54, 1.807) is 0 Å². The number of unbranched alkanes of at least 4 members (excludes halogenated alkanes) is 1. The molecule has 3 nitrogen and oxygen atoms in total. The molecule has 3 heteroatoms. The van der Waals surface area contributed by atoms with E-state index in [1.807, 2.05) is 18.2 Å². The molecule has 0 bridgehead atoms. The summed E-state index contributed by atoms with van der Waals surface area (Å²) in [7, 11) is 0. The van der Waals surface area contributed by atoms with Crippen LogP contribution in [0.5, 0.6) is 0 Å². The topological polar surface area (TPSA) is 52.5 Å². The average molecular weight is 277 g/mol. The van der Waals surface area contributed by atoms with Gasteiger partial charge in [0.05, 0.1) is 12.2 Å². The third-order valence-electron chi connectivity index (χ3n) is 4.43. The first kappa shape index (κ1) is 15.5. The van der Waals surface area contributed by atoms with Crippen LogP contribution in [0, 0.1) is 5.92 Å². The van der Waals surface area contributed by atoms with E-state index >= 15 is 0 Å². The Morgan fingerprint density at radius 3 is 2.55 bits per heavy atom. The Morgan fingerprint density at radius 1 is 1.10 bits per heavy atom. The van der Waals surface area contributed by atoms with Crippen molar-refractivity contribution in [3.05, 3.63) is 35.9 Å². The van der Waals surface area contributed by atoms with Gasteiger partial charge in [0.15, 0.2) is 0 Å². The van der Waals surface area contributed by atoms with E-state index in [0.717, 1.165) is 38.6 Å². The van der Waals surface area contributed by atoms with Crippen molar-refractivity contribution in [1.29, 1.82) is 0 Å². The zero-order chi connectivity index (χ0) is 14.4. The predicted octanol–water partition coefficient (Wildman–Crippen LogP) is 2.47. The van der Waals surface area contributed by atoms with Gasteiger partial charge >= 0.3 is 0 Å². The Labute approximate surface area is 122 Å². The number of hydrogen-bond acceptors (Lipinski definition) is 3. The molecule has 112 valence electrons. The monoisotopic (exact) mass is 277 g/mol. The van der Waals surface area contributed by atoms with Crippen LogP contribution < -0.4 is 5.32 Å². The lowest BCUT2D eigenvalue weighted by molar-refractivity contribution is -0.0651. The summed E-state index contributed by atoms with van der Waals surface area (Å²) >= 11 is 0. The molecule has 1 aromatic rings. The van der Waals surface area contributed by atoms with Gasteiger partial charge in [0.1, 0.15) is 0 Å². The molecule has 4 atom stereocenters. The first-order chi connectivity index (χ1) is 9.72. The smallest absolute Gasteiger partial charge is 0.0954 e. The van der Waals surface area contributed by atoms with E-state index < -0.39 is 12.2 Å². The third kappa shape index (κ3) is 4.05. The van der Waals surface area contributed by atoms with E-state index in [1.165, 1.54) is 5.56 Å². The minimum absolute atomic E-state index is 0.00285. The van der Waals surface area contributed by atoms with Crippen molar-refractivity contribution in [2.24, 2.45) is 5.92 Å². The van der Waals surface area contributed by atoms with Gasteiger partial charge in [0, 0.05) is 12.6 Å². The van der Waals surface area contributed by atoms with Crippen LogP contribution in [-0.4, -0.2) is 28.5 Å². The van der Waals surface area contributed by atoms with E-state index in [4.69, 9.17) is 0 Å². The molecule has 2 rings (SSSR count). The lowest BCUT2D eigenvalue weighted by Crippen LogP contribution is -2.52. The average Bonchev–Trinajstić information content (AvgIpc) is 2.49. The molecule has 0 radical (unpaired) electrons. The molecule has 0 spiro atoms. The van der Waals surface area contributed by atoms with Crippen LogP contribution in [0.2, 0.25) is 0 Å². The summed E-state index contributed by atoms with van der Waals surface area (Å²) < 4.78 is 0. The minimum Gasteiger partial charge on any atom is -0.390 e. The molecular formula is C17H27NO2. The summed E-state index contributed by atoms with van der Waals surface area (Å²) in [4.78, 5) is 0. The highest BCUT2D eigenvalue weighted by molar-refractivity contribution is 5.14. The molecule has 1 unspecified atom stereocenters. The second-order valence-corrected chi connectivity index (χ2v) is 5.93. The van der Waals surface area contributed by atoms with E-state index in [-0.39, 0.29) is 12.0 Å². The maximum atomic E-state index is 10.3. The predicted molar refractivity (Wildman–Crippen MR) is 81.3 cm³/mol. The van der Waals surface area contributed by atoms with Crippen molar-refractivity contribution in [2.75, 3.05) is 0 Å². The van der Waals surface area contributed by atoms with E-state index in [9.17, 15) is 10.2 Å². The van der Waals surface area contributed by atoms with Gasteiger partial charge in [-0.15, -0.1) is 0 Å². The van der Waals surface area contributed by atoms with Gasteiger partial charge in [-0.1, -0.05) is 50.1 Å². The SMILES string of the molecule is CCCCC1CC[C@@H](NCc2ccccc2)[C@H](O)[C@H]1O. The highest BCUT2D eigenvalue weighted by Crippen LogP contribution is 2.29. The Balaban J connectivity index is 1.82. The molecule has 0 aliphatic heterocycles. The van der Waals surface area contributed by atoms with Gasteiger partial charge in [-0.3, -0.25) is 0 Å². The summed E-state index contributed by atoms with van der Waals surface area (Å²) in [6, 6.07) is 10.2. The number of hydrogen-bond donors (Lipinski definition) is 3. The number of nitrogens with one attached hydrogen (secondary N) is 1. The Morgan fingerprint density at radius 2 is 1.85 bits per heavy atom. The maximum absolute atomic E-state index is 10.3. The van der Waals surface area contributed by atoms with Crippen molar-refractivity contribution >= 4 is 0 Å². The molecular weight excluding hydrogens is 250 g/mol. The van der Waals surface area contributed by atoms with Gasteiger partial charge in [0.2, 0.25) is 0 Å². The van der Waals surface area contributed by atoms with Crippen molar-refractivity contribution < 1.29 is 10.2 Å². The van der Waals surface area contributed by atoms with E-state index in [2.05, 4.69) is 24.4 Å². The fraction of sp³-hybridized carbons (Fsp3) is 0.647. The highest BCUT2D eigenvalue weighted by atomic mass is 16.3. The highest BCUT2D eigenvalue weighted by Gasteiger charge is 2.36. The first-order valence-corrected chi connectivity index (χ1v) is 7.85. The van der Waals surface area contributed by atoms with Gasteiger partial charge in [0.25, 0.3) is 0 Å². The standard InChI is InChI=1S/C17H27NO2/c1-2-3-9-14-10-11-15(17(20)16(14)19)18-12-13-7-5-4-6-8-13/h4-8,14-20H,2-3,9-12H2,1H3/t14?,15-,16+,17+/m1/s1. The molecule has 0 saturated heterocycles. The Hall–Kier alpha value is -0.900. The second-order valence-electron chi connectivity index (χ2n) is 5.93. The van der Waals surface area contributed by atoms with E-state index in [0.29, 0.717) is 0 Å². The van der Waals surface area contributed by atoms with Crippen LogP contribution in [0.1, 0.15) is 44.6 Å². The number of benzene rings is 1. The minimum atomic E-state index is -0.644. The van der Waals surface area contributed by atoms with Gasteiger partial charge in [-0.2, -0.15) is 0 Å². The quantitative estimate of drug-likeness (QED) is 0.748. The van der Waals surface area contributed by atoms with Crippen LogP contribution in [-0.2, 0) is 6.54 Å². The molecule has 3 N–H and O–H groups in total. The Kier molecular flexibility index (Phi) is 6.02. The van der Waals surface area contributed by atoms with Gasteiger partial charge < -0.3 is 15.5 Å². The fourth-order valence-corrected chi connectivity index (χ4v) is 3.10. The maximum Gasteiger partial charge on any atom is 0.0954 e. The van der Waals surface area contributed by atoms with Crippen LogP contribution in [0.15, 0.2) is 30.3 Å². The van der Waals surface area contributed by atoms with Crippen LogP contribution in [0.3, 0.4) is 0 Å². The summed E-state index contributed by atoms with van der Waals surface area (Å²) in [5, 5.41) is 23.9. The normalized spacial score (nSPS) is 30.4. The lowest BCUT2D eigenvalue weighted by atomic mass is 9.79. The molecule has 0 amide bonds. The van der Waals surface area contributed by atoms with Gasteiger partial charge in [-0.25, -0.2) is 0 Å². The summed E-state index contributed by atoms with van der Waals surface area (Å²) in [6.45, 7) is 2.91. The first-order valence-electron chi connectivity index (χ1n) is 7.85. The molecule has 1 saturated carbocycles. The molecule has 0 heterocycles. The van der Waals surface area contributed by atoms with Crippen LogP contribution >= 0.6 is 0 Å². The molecule has 1 aromatic carbocycles. The van der Waals surface area contributed by atoms with Gasteiger partial charge in [-0.05, 0) is 30.7 Å². The summed E-state index contributed by atoms with van der Waals surface area (Å²) in [6.07, 6.45) is 4.04. The third-order valence-corrected chi connectivity index (χ3v) is 4.43. The van der Waals surface area contributed by atoms with Crippen molar-refractivity contribution in [2.45, 2.75) is 63.8 Å². The molecule has 1 aliphatic carbocycles. The number of aliphatic hydroxyl groups excluding tert-OH is 2. The number of rotatable bonds is 6. The zero-order valence-corrected chi connectivity index (χ0v) is 12.3. The van der Waals surface area contributed by atoms with Crippen LogP contribution in [0.4, 0.5) is 0 Å². The molecule has 1 aliphatic rings. The van der Waals surface area contributed by atoms with Crippen molar-refractivity contribution in [1.82, 2.24) is 5.32 Å². The molecule has 1 fully saturated rings. The largest absolute Gasteiger partial charge is 0.390 e. The molecule has 0 aromatic heterocycles. The van der Waals surface area contributed by atoms with Crippen molar-refractivity contribution in [3.63, 3.8) is 0 Å². The fourth-order valence-electron chi connectivity index (χ4n) is 3.10. The van der Waals surface area contributed by atoms with Crippen molar-refractivity contribution in [3.8, 4) is 0 Å². The number of aliphatic hydroxyl groups is 2. The zero-order valence-electron chi connectivity index (χ0n) is 12.3.